The number of hydrogen-bond donors (Lipinski definition) is 1. The summed E-state index contributed by atoms with van der Waals surface area (Å²) in [4.78, 5) is 10.9. The SMILES string of the molecule is Cc1cc(OC(C)C)nc(N2CC(C)(N)C2)n1. The smallest absolute Gasteiger partial charge is 0.228 e. The molecule has 0 bridgehead atoms. The van der Waals surface area contributed by atoms with E-state index in [1.807, 2.05) is 33.8 Å². The van der Waals surface area contributed by atoms with Crippen LogP contribution in [0.3, 0.4) is 0 Å². The molecule has 0 aliphatic carbocycles. The van der Waals surface area contributed by atoms with Crippen molar-refractivity contribution in [3.05, 3.63) is 11.8 Å². The van der Waals surface area contributed by atoms with E-state index in [2.05, 4.69) is 14.9 Å². The fourth-order valence-electron chi connectivity index (χ4n) is 1.93. The minimum Gasteiger partial charge on any atom is -0.475 e. The lowest BCUT2D eigenvalue weighted by Crippen LogP contribution is -2.66. The van der Waals surface area contributed by atoms with Gasteiger partial charge in [0.05, 0.1) is 6.10 Å². The lowest BCUT2D eigenvalue weighted by Gasteiger charge is -2.45. The molecule has 94 valence electrons. The van der Waals surface area contributed by atoms with Gasteiger partial charge in [0.25, 0.3) is 0 Å². The highest BCUT2D eigenvalue weighted by molar-refractivity contribution is 5.40. The minimum absolute atomic E-state index is 0.119. The van der Waals surface area contributed by atoms with E-state index in [-0.39, 0.29) is 11.6 Å². The zero-order valence-electron chi connectivity index (χ0n) is 10.9. The van der Waals surface area contributed by atoms with Gasteiger partial charge >= 0.3 is 0 Å². The van der Waals surface area contributed by atoms with Crippen LogP contribution in [0, 0.1) is 6.92 Å². The average Bonchev–Trinajstić information content (AvgIpc) is 2.11. The van der Waals surface area contributed by atoms with E-state index >= 15 is 0 Å². The fraction of sp³-hybridized carbons (Fsp3) is 0.667. The Labute approximate surface area is 102 Å². The normalized spacial score (nSPS) is 18.1. The van der Waals surface area contributed by atoms with E-state index in [4.69, 9.17) is 10.5 Å². The first-order valence-corrected chi connectivity index (χ1v) is 5.92. The molecule has 17 heavy (non-hydrogen) atoms. The summed E-state index contributed by atoms with van der Waals surface area (Å²) in [5.74, 6) is 1.34. The van der Waals surface area contributed by atoms with Crippen molar-refractivity contribution in [1.82, 2.24) is 9.97 Å². The van der Waals surface area contributed by atoms with Gasteiger partial charge in [-0.1, -0.05) is 0 Å². The van der Waals surface area contributed by atoms with Crippen LogP contribution in [0.4, 0.5) is 5.95 Å². The third-order valence-electron chi connectivity index (χ3n) is 2.56. The molecule has 0 atom stereocenters. The minimum atomic E-state index is -0.119. The van der Waals surface area contributed by atoms with Crippen LogP contribution in [0.25, 0.3) is 0 Å². The van der Waals surface area contributed by atoms with E-state index in [9.17, 15) is 0 Å². The summed E-state index contributed by atoms with van der Waals surface area (Å²) in [6, 6.07) is 1.85. The van der Waals surface area contributed by atoms with Crippen molar-refractivity contribution < 1.29 is 4.74 Å². The Hall–Kier alpha value is -1.36. The number of anilines is 1. The molecule has 1 saturated heterocycles. The molecule has 1 aromatic rings. The molecule has 2 heterocycles. The van der Waals surface area contributed by atoms with Crippen molar-refractivity contribution in [1.29, 1.82) is 0 Å². The molecular weight excluding hydrogens is 216 g/mol. The van der Waals surface area contributed by atoms with Gasteiger partial charge in [-0.15, -0.1) is 0 Å². The topological polar surface area (TPSA) is 64.3 Å². The number of aryl methyl sites for hydroxylation is 1. The van der Waals surface area contributed by atoms with Gasteiger partial charge in [0.1, 0.15) is 0 Å². The van der Waals surface area contributed by atoms with Crippen molar-refractivity contribution in [2.75, 3.05) is 18.0 Å². The number of hydrogen-bond acceptors (Lipinski definition) is 5. The Morgan fingerprint density at radius 2 is 2.06 bits per heavy atom. The summed E-state index contributed by atoms with van der Waals surface area (Å²) < 4.78 is 5.60. The zero-order chi connectivity index (χ0) is 12.6. The first-order valence-electron chi connectivity index (χ1n) is 5.92. The second-order valence-electron chi connectivity index (χ2n) is 5.32. The van der Waals surface area contributed by atoms with Crippen LogP contribution >= 0.6 is 0 Å². The number of nitrogens with two attached hydrogens (primary N) is 1. The number of rotatable bonds is 3. The molecule has 0 amide bonds. The van der Waals surface area contributed by atoms with Gasteiger partial charge in [-0.3, -0.25) is 0 Å². The summed E-state index contributed by atoms with van der Waals surface area (Å²) in [7, 11) is 0. The Kier molecular flexibility index (Phi) is 2.95. The van der Waals surface area contributed by atoms with Crippen molar-refractivity contribution in [2.24, 2.45) is 5.73 Å². The van der Waals surface area contributed by atoms with Crippen molar-refractivity contribution in [3.8, 4) is 5.88 Å². The Morgan fingerprint density at radius 1 is 1.41 bits per heavy atom. The van der Waals surface area contributed by atoms with E-state index in [1.54, 1.807) is 0 Å². The van der Waals surface area contributed by atoms with Crippen LogP contribution < -0.4 is 15.4 Å². The Bertz CT molecular complexity index is 409. The second kappa shape index (κ2) is 4.14. The van der Waals surface area contributed by atoms with Crippen molar-refractivity contribution in [2.45, 2.75) is 39.3 Å². The van der Waals surface area contributed by atoms with Crippen LogP contribution in [0.2, 0.25) is 0 Å². The van der Waals surface area contributed by atoms with Gasteiger partial charge in [0.2, 0.25) is 11.8 Å². The maximum atomic E-state index is 5.98. The largest absolute Gasteiger partial charge is 0.475 e. The van der Waals surface area contributed by atoms with Crippen molar-refractivity contribution in [3.63, 3.8) is 0 Å². The molecular formula is C12H20N4O. The third-order valence-corrected chi connectivity index (χ3v) is 2.56. The van der Waals surface area contributed by atoms with Gasteiger partial charge in [-0.2, -0.15) is 4.98 Å². The van der Waals surface area contributed by atoms with Crippen LogP contribution in [-0.2, 0) is 0 Å². The quantitative estimate of drug-likeness (QED) is 0.851. The summed E-state index contributed by atoms with van der Waals surface area (Å²) in [5.41, 5.74) is 6.77. The molecule has 1 aliphatic heterocycles. The van der Waals surface area contributed by atoms with Gasteiger partial charge in [0, 0.05) is 30.4 Å². The van der Waals surface area contributed by atoms with E-state index < -0.39 is 0 Å². The zero-order valence-corrected chi connectivity index (χ0v) is 10.9. The first-order chi connectivity index (χ1) is 7.85. The third kappa shape index (κ3) is 2.85. The predicted molar refractivity (Wildman–Crippen MR) is 67.3 cm³/mol. The first kappa shape index (κ1) is 12.1. The molecule has 2 rings (SSSR count). The second-order valence-corrected chi connectivity index (χ2v) is 5.32. The van der Waals surface area contributed by atoms with E-state index in [0.717, 1.165) is 18.8 Å². The van der Waals surface area contributed by atoms with Gasteiger partial charge in [-0.05, 0) is 27.7 Å². The summed E-state index contributed by atoms with van der Waals surface area (Å²) in [6.45, 7) is 9.52. The molecule has 1 aromatic heterocycles. The summed E-state index contributed by atoms with van der Waals surface area (Å²) in [6.07, 6.45) is 0.119. The molecule has 0 radical (unpaired) electrons. The average molecular weight is 236 g/mol. The number of ether oxygens (including phenoxy) is 1. The molecule has 1 fully saturated rings. The molecule has 1 aliphatic rings. The van der Waals surface area contributed by atoms with E-state index in [1.165, 1.54) is 0 Å². The Morgan fingerprint density at radius 3 is 2.59 bits per heavy atom. The Balaban J connectivity index is 2.15. The number of nitrogens with zero attached hydrogens (tertiary/aromatic N) is 3. The molecule has 5 heteroatoms. The van der Waals surface area contributed by atoms with Crippen LogP contribution in [-0.4, -0.2) is 34.7 Å². The molecule has 0 aromatic carbocycles. The molecule has 2 N–H and O–H groups in total. The molecule has 5 nitrogen and oxygen atoms in total. The highest BCUT2D eigenvalue weighted by atomic mass is 16.5. The number of aromatic nitrogens is 2. The van der Waals surface area contributed by atoms with E-state index in [0.29, 0.717) is 11.8 Å². The highest BCUT2D eigenvalue weighted by Crippen LogP contribution is 2.24. The predicted octanol–water partition coefficient (Wildman–Crippen LogP) is 1.11. The standard InChI is InChI=1S/C12H20N4O/c1-8(2)17-10-5-9(3)14-11(15-10)16-6-12(4,13)7-16/h5,8H,6-7,13H2,1-4H3. The van der Waals surface area contributed by atoms with Crippen LogP contribution in [0.5, 0.6) is 5.88 Å². The highest BCUT2D eigenvalue weighted by Gasteiger charge is 2.36. The molecule has 0 unspecified atom stereocenters. The molecule has 0 spiro atoms. The van der Waals surface area contributed by atoms with Gasteiger partial charge in [-0.25, -0.2) is 4.98 Å². The maximum Gasteiger partial charge on any atom is 0.228 e. The van der Waals surface area contributed by atoms with Gasteiger partial charge in [0.15, 0.2) is 0 Å². The summed E-state index contributed by atoms with van der Waals surface area (Å²) >= 11 is 0. The van der Waals surface area contributed by atoms with Gasteiger partial charge < -0.3 is 15.4 Å². The lowest BCUT2D eigenvalue weighted by atomic mass is 9.94. The van der Waals surface area contributed by atoms with Crippen LogP contribution in [0.1, 0.15) is 26.5 Å². The van der Waals surface area contributed by atoms with Crippen molar-refractivity contribution >= 4 is 5.95 Å². The summed E-state index contributed by atoms with van der Waals surface area (Å²) in [5, 5.41) is 0. The fourth-order valence-corrected chi connectivity index (χ4v) is 1.93. The maximum absolute atomic E-state index is 5.98. The van der Waals surface area contributed by atoms with Crippen LogP contribution in [0.15, 0.2) is 6.07 Å². The lowest BCUT2D eigenvalue weighted by molar-refractivity contribution is 0.231. The monoisotopic (exact) mass is 236 g/mol. The molecule has 0 saturated carbocycles.